The van der Waals surface area contributed by atoms with E-state index < -0.39 is 0 Å². The summed E-state index contributed by atoms with van der Waals surface area (Å²) in [4.78, 5) is 26.9. The van der Waals surface area contributed by atoms with Gasteiger partial charge in [-0.25, -0.2) is 0 Å². The first-order valence-corrected chi connectivity index (χ1v) is 12.6. The number of carbonyl (C=O) groups is 2. The molecule has 1 fully saturated rings. The van der Waals surface area contributed by atoms with Gasteiger partial charge in [0.25, 0.3) is 0 Å². The molecule has 2 amide bonds. The molecule has 1 N–H and O–H groups in total. The van der Waals surface area contributed by atoms with Gasteiger partial charge in [0.15, 0.2) is 11.0 Å². The fourth-order valence-electron chi connectivity index (χ4n) is 4.36. The van der Waals surface area contributed by atoms with Crippen LogP contribution in [0.15, 0.2) is 47.6 Å². The van der Waals surface area contributed by atoms with Gasteiger partial charge in [-0.1, -0.05) is 60.6 Å². The molecule has 2 heterocycles. The van der Waals surface area contributed by atoms with E-state index in [1.165, 1.54) is 11.8 Å². The van der Waals surface area contributed by atoms with E-state index in [0.29, 0.717) is 24.7 Å². The van der Waals surface area contributed by atoms with Crippen molar-refractivity contribution < 1.29 is 9.59 Å². The molecule has 1 aliphatic heterocycles. The number of rotatable bonds is 8. The van der Waals surface area contributed by atoms with Crippen molar-refractivity contribution in [3.05, 3.63) is 53.9 Å². The Kier molecular flexibility index (Phi) is 7.65. The first-order valence-electron chi connectivity index (χ1n) is 11.7. The predicted octanol–water partition coefficient (Wildman–Crippen LogP) is 4.32. The molecular formula is C25H31N5O2S. The maximum Gasteiger partial charge on any atom is 0.230 e. The number of aromatic nitrogens is 3. The van der Waals surface area contributed by atoms with E-state index in [0.717, 1.165) is 48.0 Å². The van der Waals surface area contributed by atoms with Crippen LogP contribution >= 0.6 is 11.8 Å². The third-order valence-corrected chi connectivity index (χ3v) is 7.08. The van der Waals surface area contributed by atoms with Crippen LogP contribution in [0.1, 0.15) is 57.0 Å². The zero-order chi connectivity index (χ0) is 23.2. The van der Waals surface area contributed by atoms with Gasteiger partial charge in [0.2, 0.25) is 11.8 Å². The fourth-order valence-corrected chi connectivity index (χ4v) is 5.19. The number of fused-ring (bicyclic) bond motifs is 1. The summed E-state index contributed by atoms with van der Waals surface area (Å²) >= 11 is 1.38. The lowest BCUT2D eigenvalue weighted by Crippen LogP contribution is -2.31. The zero-order valence-electron chi connectivity index (χ0n) is 19.3. The fraction of sp³-hybridized carbons (Fsp3) is 0.440. The normalized spacial score (nSPS) is 15.5. The summed E-state index contributed by atoms with van der Waals surface area (Å²) in [6, 6.07) is 14.3. The van der Waals surface area contributed by atoms with Crippen molar-refractivity contribution >= 4 is 34.3 Å². The summed E-state index contributed by atoms with van der Waals surface area (Å²) in [5.74, 6) is 1.18. The SMILES string of the molecule is CCn1c(CN2CCCCCC2=O)nnc1SCC(=O)N[C@H](C)c1cccc2ccccc12. The van der Waals surface area contributed by atoms with E-state index in [-0.39, 0.29) is 23.6 Å². The highest BCUT2D eigenvalue weighted by atomic mass is 32.2. The average molecular weight is 466 g/mol. The Hall–Kier alpha value is -2.87. The Labute approximate surface area is 198 Å². The molecule has 1 aromatic heterocycles. The van der Waals surface area contributed by atoms with Crippen molar-refractivity contribution in [2.45, 2.75) is 63.8 Å². The van der Waals surface area contributed by atoms with Crippen LogP contribution in [0.25, 0.3) is 10.8 Å². The number of likely N-dealkylation sites (tertiary alicyclic amines) is 1. The molecule has 0 unspecified atom stereocenters. The molecule has 8 heteroatoms. The Morgan fingerprint density at radius 1 is 1.12 bits per heavy atom. The lowest BCUT2D eigenvalue weighted by molar-refractivity contribution is -0.131. The Bertz CT molecular complexity index is 1120. The quantitative estimate of drug-likeness (QED) is 0.501. The van der Waals surface area contributed by atoms with E-state index >= 15 is 0 Å². The topological polar surface area (TPSA) is 80.1 Å². The highest BCUT2D eigenvalue weighted by Crippen LogP contribution is 2.25. The van der Waals surface area contributed by atoms with Gasteiger partial charge >= 0.3 is 0 Å². The molecular weight excluding hydrogens is 434 g/mol. The summed E-state index contributed by atoms with van der Waals surface area (Å²) in [6.45, 7) is 5.98. The molecule has 1 atom stereocenters. The predicted molar refractivity (Wildman–Crippen MR) is 131 cm³/mol. The van der Waals surface area contributed by atoms with Gasteiger partial charge in [-0.2, -0.15) is 0 Å². The van der Waals surface area contributed by atoms with Crippen LogP contribution < -0.4 is 5.32 Å². The van der Waals surface area contributed by atoms with Crippen LogP contribution in [0, 0.1) is 0 Å². The van der Waals surface area contributed by atoms with E-state index in [2.05, 4.69) is 39.8 Å². The Morgan fingerprint density at radius 2 is 1.94 bits per heavy atom. The van der Waals surface area contributed by atoms with Gasteiger partial charge in [-0.3, -0.25) is 9.59 Å². The van der Waals surface area contributed by atoms with E-state index in [4.69, 9.17) is 0 Å². The zero-order valence-corrected chi connectivity index (χ0v) is 20.1. The second kappa shape index (κ2) is 10.8. The minimum absolute atomic E-state index is 0.0460. The van der Waals surface area contributed by atoms with Gasteiger partial charge in [-0.15, -0.1) is 10.2 Å². The van der Waals surface area contributed by atoms with Crippen molar-refractivity contribution in [2.24, 2.45) is 0 Å². The first kappa shape index (κ1) is 23.3. The number of nitrogens with zero attached hydrogens (tertiary/aromatic N) is 4. The van der Waals surface area contributed by atoms with Crippen LogP contribution in [0.5, 0.6) is 0 Å². The van der Waals surface area contributed by atoms with Crippen molar-refractivity contribution in [1.82, 2.24) is 25.0 Å². The minimum Gasteiger partial charge on any atom is -0.349 e. The average Bonchev–Trinajstić information content (AvgIpc) is 3.10. The number of hydrogen-bond donors (Lipinski definition) is 1. The van der Waals surface area contributed by atoms with Crippen LogP contribution in [0.4, 0.5) is 0 Å². The molecule has 33 heavy (non-hydrogen) atoms. The summed E-state index contributed by atoms with van der Waals surface area (Å²) < 4.78 is 2.00. The van der Waals surface area contributed by atoms with Crippen LogP contribution in [-0.4, -0.2) is 43.8 Å². The third kappa shape index (κ3) is 5.55. The van der Waals surface area contributed by atoms with Crippen LogP contribution in [-0.2, 0) is 22.7 Å². The number of amides is 2. The van der Waals surface area contributed by atoms with Crippen LogP contribution in [0.2, 0.25) is 0 Å². The van der Waals surface area contributed by atoms with Crippen molar-refractivity contribution in [1.29, 1.82) is 0 Å². The Morgan fingerprint density at radius 3 is 2.79 bits per heavy atom. The monoisotopic (exact) mass is 465 g/mol. The van der Waals surface area contributed by atoms with Gasteiger partial charge in [0, 0.05) is 19.5 Å². The molecule has 7 nitrogen and oxygen atoms in total. The molecule has 0 bridgehead atoms. The highest BCUT2D eigenvalue weighted by molar-refractivity contribution is 7.99. The first-order chi connectivity index (χ1) is 16.1. The smallest absolute Gasteiger partial charge is 0.230 e. The lowest BCUT2D eigenvalue weighted by Gasteiger charge is -2.20. The molecule has 1 aliphatic rings. The standard InChI is InChI=1S/C25H31N5O2S/c1-3-30-22(16-29-15-8-4-5-14-24(29)32)27-28-25(30)33-17-23(31)26-18(2)20-13-9-11-19-10-6-7-12-21(19)20/h6-7,9-13,18H,3-5,8,14-17H2,1-2H3,(H,26,31)/t18-/m1/s1. The van der Waals surface area contributed by atoms with E-state index in [1.54, 1.807) is 0 Å². The second-order valence-electron chi connectivity index (χ2n) is 8.42. The van der Waals surface area contributed by atoms with Crippen LogP contribution in [0.3, 0.4) is 0 Å². The third-order valence-electron chi connectivity index (χ3n) is 6.11. The Balaban J connectivity index is 1.37. The van der Waals surface area contributed by atoms with Gasteiger partial charge < -0.3 is 14.8 Å². The van der Waals surface area contributed by atoms with Crippen molar-refractivity contribution in [2.75, 3.05) is 12.3 Å². The molecule has 174 valence electrons. The van der Waals surface area contributed by atoms with Crippen molar-refractivity contribution in [3.8, 4) is 0 Å². The number of benzene rings is 2. The molecule has 2 aromatic carbocycles. The van der Waals surface area contributed by atoms with E-state index in [9.17, 15) is 9.59 Å². The van der Waals surface area contributed by atoms with Gasteiger partial charge in [0.1, 0.15) is 0 Å². The number of nitrogens with one attached hydrogen (secondary N) is 1. The molecule has 0 radical (unpaired) electrons. The summed E-state index contributed by atoms with van der Waals surface area (Å²) in [5, 5.41) is 14.8. The second-order valence-corrected chi connectivity index (χ2v) is 9.36. The van der Waals surface area contributed by atoms with Gasteiger partial charge in [0.05, 0.1) is 18.3 Å². The molecule has 3 aromatic rings. The number of thioether (sulfide) groups is 1. The molecule has 1 saturated heterocycles. The molecule has 0 saturated carbocycles. The molecule has 0 spiro atoms. The number of hydrogen-bond acceptors (Lipinski definition) is 5. The van der Waals surface area contributed by atoms with E-state index in [1.807, 2.05) is 41.5 Å². The van der Waals surface area contributed by atoms with Crippen molar-refractivity contribution in [3.63, 3.8) is 0 Å². The summed E-state index contributed by atoms with van der Waals surface area (Å²) in [6.07, 6.45) is 3.69. The molecule has 4 rings (SSSR count). The highest BCUT2D eigenvalue weighted by Gasteiger charge is 2.21. The summed E-state index contributed by atoms with van der Waals surface area (Å²) in [5.41, 5.74) is 1.10. The van der Waals surface area contributed by atoms with Gasteiger partial charge in [-0.05, 0) is 43.0 Å². The summed E-state index contributed by atoms with van der Waals surface area (Å²) in [7, 11) is 0. The lowest BCUT2D eigenvalue weighted by atomic mass is 10.00. The maximum absolute atomic E-state index is 12.7. The molecule has 0 aliphatic carbocycles. The maximum atomic E-state index is 12.7. The largest absolute Gasteiger partial charge is 0.349 e. The number of carbonyl (C=O) groups excluding carboxylic acids is 2. The minimum atomic E-state index is -0.0992.